The van der Waals surface area contributed by atoms with Gasteiger partial charge in [-0.3, -0.25) is 9.79 Å². The molecule has 3 N–H and O–H groups in total. The maximum atomic E-state index is 12.6. The molecule has 0 heterocycles. The summed E-state index contributed by atoms with van der Waals surface area (Å²) in [6, 6.07) is 12.2. The van der Waals surface area contributed by atoms with Gasteiger partial charge in [0.1, 0.15) is 5.75 Å². The van der Waals surface area contributed by atoms with Crippen molar-refractivity contribution in [1.82, 2.24) is 16.0 Å². The average Bonchev–Trinajstić information content (AvgIpc) is 2.72. The van der Waals surface area contributed by atoms with Crippen molar-refractivity contribution < 1.29 is 22.7 Å². The van der Waals surface area contributed by atoms with Gasteiger partial charge < -0.3 is 20.7 Å². The van der Waals surface area contributed by atoms with Crippen molar-refractivity contribution in [3.05, 3.63) is 65.2 Å². The second kappa shape index (κ2) is 12.3. The fourth-order valence-electron chi connectivity index (χ4n) is 2.39. The Balaban J connectivity index is 0.00000450. The molecule has 0 saturated carbocycles. The molecule has 0 atom stereocenters. The van der Waals surface area contributed by atoms with Gasteiger partial charge in [-0.2, -0.15) is 13.2 Å². The summed E-state index contributed by atoms with van der Waals surface area (Å²) in [6.07, 6.45) is -4.36. The van der Waals surface area contributed by atoms with Crippen molar-refractivity contribution in [2.75, 3.05) is 20.7 Å². The van der Waals surface area contributed by atoms with E-state index in [1.165, 1.54) is 19.2 Å². The van der Waals surface area contributed by atoms with Gasteiger partial charge in [0.05, 0.1) is 19.2 Å². The molecule has 0 fully saturated rings. The van der Waals surface area contributed by atoms with E-state index in [0.717, 1.165) is 23.4 Å². The number of rotatable bonds is 7. The maximum Gasteiger partial charge on any atom is 0.416 e. The predicted octanol–water partition coefficient (Wildman–Crippen LogP) is 3.31. The van der Waals surface area contributed by atoms with Crippen molar-refractivity contribution in [3.8, 4) is 5.75 Å². The number of carbonyl (C=O) groups excluding carboxylic acids is 1. The summed E-state index contributed by atoms with van der Waals surface area (Å²) in [6.45, 7) is 0.649. The van der Waals surface area contributed by atoms with E-state index in [2.05, 4.69) is 20.9 Å². The zero-order valence-corrected chi connectivity index (χ0v) is 18.9. The lowest BCUT2D eigenvalue weighted by Gasteiger charge is -2.13. The molecular formula is C20H24F3IN4O2. The molecule has 1 amide bonds. The van der Waals surface area contributed by atoms with Crippen molar-refractivity contribution >= 4 is 35.8 Å². The minimum absolute atomic E-state index is 0. The average molecular weight is 536 g/mol. The van der Waals surface area contributed by atoms with Crippen LogP contribution in [0.5, 0.6) is 5.75 Å². The monoisotopic (exact) mass is 536 g/mol. The van der Waals surface area contributed by atoms with Crippen LogP contribution in [0.2, 0.25) is 0 Å². The van der Waals surface area contributed by atoms with E-state index in [1.54, 1.807) is 7.11 Å². The minimum Gasteiger partial charge on any atom is -0.497 e. The molecule has 2 aromatic carbocycles. The van der Waals surface area contributed by atoms with Crippen LogP contribution in [0.15, 0.2) is 53.5 Å². The van der Waals surface area contributed by atoms with Crippen LogP contribution >= 0.6 is 24.0 Å². The first-order chi connectivity index (χ1) is 13.8. The first kappa shape index (κ1) is 25.5. The second-order valence-electron chi connectivity index (χ2n) is 6.10. The van der Waals surface area contributed by atoms with Gasteiger partial charge in [-0.15, -0.1) is 24.0 Å². The number of ether oxygens (including phenoxy) is 1. The number of carbonyl (C=O) groups is 1. The first-order valence-electron chi connectivity index (χ1n) is 8.82. The molecule has 0 aliphatic carbocycles. The topological polar surface area (TPSA) is 74.8 Å². The molecule has 10 heteroatoms. The number of nitrogens with one attached hydrogen (secondary N) is 3. The van der Waals surface area contributed by atoms with Gasteiger partial charge in [0.15, 0.2) is 5.96 Å². The lowest BCUT2D eigenvalue weighted by Crippen LogP contribution is -2.42. The van der Waals surface area contributed by atoms with Gasteiger partial charge in [-0.05, 0) is 35.4 Å². The smallest absolute Gasteiger partial charge is 0.416 e. The number of benzene rings is 2. The molecule has 0 bridgehead atoms. The molecule has 0 unspecified atom stereocenters. The molecule has 0 radical (unpaired) electrons. The zero-order valence-electron chi connectivity index (χ0n) is 16.5. The number of amides is 1. The van der Waals surface area contributed by atoms with Crippen molar-refractivity contribution in [3.63, 3.8) is 0 Å². The van der Waals surface area contributed by atoms with Crippen molar-refractivity contribution in [2.45, 2.75) is 19.3 Å². The highest BCUT2D eigenvalue weighted by Crippen LogP contribution is 2.29. The maximum absolute atomic E-state index is 12.6. The Morgan fingerprint density at radius 2 is 1.47 bits per heavy atom. The molecule has 0 aliphatic heterocycles. The molecule has 6 nitrogen and oxygen atoms in total. The molecule has 164 valence electrons. The Kier molecular flexibility index (Phi) is 10.4. The molecule has 0 saturated heterocycles. The van der Waals surface area contributed by atoms with Gasteiger partial charge in [0.25, 0.3) is 0 Å². The van der Waals surface area contributed by atoms with Crippen LogP contribution in [-0.4, -0.2) is 32.6 Å². The third-order valence-corrected chi connectivity index (χ3v) is 4.03. The number of nitrogens with zero attached hydrogens (tertiary/aromatic N) is 1. The van der Waals surface area contributed by atoms with E-state index in [1.807, 2.05) is 24.3 Å². The number of hydrogen-bond donors (Lipinski definition) is 3. The SMILES string of the molecule is CN=C(NCC(=O)NCc1ccc(OC)cc1)NCc1ccc(C(F)(F)F)cc1.I. The van der Waals surface area contributed by atoms with E-state index in [9.17, 15) is 18.0 Å². The number of halogens is 4. The fourth-order valence-corrected chi connectivity index (χ4v) is 2.39. The van der Waals surface area contributed by atoms with Crippen molar-refractivity contribution in [2.24, 2.45) is 4.99 Å². The number of hydrogen-bond acceptors (Lipinski definition) is 3. The van der Waals surface area contributed by atoms with Gasteiger partial charge in [-0.25, -0.2) is 0 Å². The summed E-state index contributed by atoms with van der Waals surface area (Å²) >= 11 is 0. The Hall–Kier alpha value is -2.50. The zero-order chi connectivity index (χ0) is 21.3. The Labute approximate surface area is 190 Å². The molecule has 30 heavy (non-hydrogen) atoms. The van der Waals surface area contributed by atoms with Gasteiger partial charge in [0, 0.05) is 20.1 Å². The summed E-state index contributed by atoms with van der Waals surface area (Å²) < 4.78 is 42.8. The number of aliphatic imine (C=N–C) groups is 1. The predicted molar refractivity (Wildman–Crippen MR) is 120 cm³/mol. The Morgan fingerprint density at radius 1 is 0.933 bits per heavy atom. The van der Waals surface area contributed by atoms with Crippen LogP contribution in [0.1, 0.15) is 16.7 Å². The Bertz CT molecular complexity index is 825. The first-order valence-corrected chi connectivity index (χ1v) is 8.82. The van der Waals surface area contributed by atoms with E-state index >= 15 is 0 Å². The third kappa shape index (κ3) is 8.47. The lowest BCUT2D eigenvalue weighted by atomic mass is 10.1. The van der Waals surface area contributed by atoms with Gasteiger partial charge in [0.2, 0.25) is 5.91 Å². The standard InChI is InChI=1S/C20H23F3N4O2.HI/c1-24-19(26-12-14-3-7-16(8-4-14)20(21,22)23)27-13-18(28)25-11-15-5-9-17(29-2)10-6-15;/h3-10H,11-13H2,1-2H3,(H,25,28)(H2,24,26,27);1H. The summed E-state index contributed by atoms with van der Waals surface area (Å²) in [7, 11) is 3.12. The highest BCUT2D eigenvalue weighted by atomic mass is 127. The summed E-state index contributed by atoms with van der Waals surface area (Å²) in [4.78, 5) is 16.0. The number of guanidine groups is 1. The van der Waals surface area contributed by atoms with E-state index < -0.39 is 11.7 Å². The molecule has 0 aromatic heterocycles. The van der Waals surface area contributed by atoms with Crippen LogP contribution in [0.4, 0.5) is 13.2 Å². The largest absolute Gasteiger partial charge is 0.497 e. The quantitative estimate of drug-likeness (QED) is 0.289. The minimum atomic E-state index is -4.36. The summed E-state index contributed by atoms with van der Waals surface area (Å²) in [5, 5.41) is 8.58. The molecule has 2 aromatic rings. The Morgan fingerprint density at radius 3 is 1.97 bits per heavy atom. The van der Waals surface area contributed by atoms with E-state index in [-0.39, 0.29) is 43.0 Å². The number of alkyl halides is 3. The summed E-state index contributed by atoms with van der Waals surface area (Å²) in [5.74, 6) is 0.882. The van der Waals surface area contributed by atoms with Crippen LogP contribution in [-0.2, 0) is 24.1 Å². The molecular weight excluding hydrogens is 512 g/mol. The molecule has 2 rings (SSSR count). The van der Waals surface area contributed by atoms with Crippen LogP contribution < -0.4 is 20.7 Å². The summed E-state index contributed by atoms with van der Waals surface area (Å²) in [5.41, 5.74) is 0.895. The van der Waals surface area contributed by atoms with Crippen molar-refractivity contribution in [1.29, 1.82) is 0 Å². The highest BCUT2D eigenvalue weighted by Gasteiger charge is 2.29. The lowest BCUT2D eigenvalue weighted by molar-refractivity contribution is -0.137. The fraction of sp³-hybridized carbons (Fsp3) is 0.300. The van der Waals surface area contributed by atoms with Gasteiger partial charge in [-0.1, -0.05) is 24.3 Å². The number of methoxy groups -OCH3 is 1. The highest BCUT2D eigenvalue weighted by molar-refractivity contribution is 14.0. The second-order valence-corrected chi connectivity index (χ2v) is 6.10. The van der Waals surface area contributed by atoms with E-state index in [4.69, 9.17) is 4.74 Å². The molecule has 0 spiro atoms. The normalized spacial score (nSPS) is 11.3. The molecule has 0 aliphatic rings. The van der Waals surface area contributed by atoms with Crippen LogP contribution in [0.3, 0.4) is 0 Å². The van der Waals surface area contributed by atoms with E-state index in [0.29, 0.717) is 18.1 Å². The van der Waals surface area contributed by atoms with Crippen LogP contribution in [0, 0.1) is 0 Å². The third-order valence-electron chi connectivity index (χ3n) is 4.03. The van der Waals surface area contributed by atoms with Crippen LogP contribution in [0.25, 0.3) is 0 Å². The van der Waals surface area contributed by atoms with Gasteiger partial charge >= 0.3 is 6.18 Å².